The topological polar surface area (TPSA) is 114 Å². The van der Waals surface area contributed by atoms with Gasteiger partial charge in [-0.3, -0.25) is 4.79 Å². The summed E-state index contributed by atoms with van der Waals surface area (Å²) in [5, 5.41) is 14.5. The number of carboxylic acid groups (broad SMARTS) is 1. The number of carbonyl (C=O) groups is 3. The maximum Gasteiger partial charge on any atom is 0.407 e. The Labute approximate surface area is 203 Å². The van der Waals surface area contributed by atoms with Crippen LogP contribution in [0.3, 0.4) is 0 Å². The molecule has 9 heteroatoms. The molecule has 3 rings (SSSR count). The molecule has 0 aliphatic heterocycles. The van der Waals surface area contributed by atoms with Crippen LogP contribution in [0.1, 0.15) is 30.4 Å². The molecule has 0 bridgehead atoms. The van der Waals surface area contributed by atoms with Gasteiger partial charge in [-0.1, -0.05) is 48.5 Å². The Hall–Kier alpha value is -3.04. The first-order valence-corrected chi connectivity index (χ1v) is 12.4. The second kappa shape index (κ2) is 11.9. The van der Waals surface area contributed by atoms with Crippen molar-refractivity contribution in [1.29, 1.82) is 0 Å². The lowest BCUT2D eigenvalue weighted by Crippen LogP contribution is -2.55. The van der Waals surface area contributed by atoms with E-state index in [0.717, 1.165) is 22.3 Å². The van der Waals surface area contributed by atoms with Gasteiger partial charge in [-0.05, 0) is 47.6 Å². The van der Waals surface area contributed by atoms with Crippen LogP contribution in [0.2, 0.25) is 0 Å². The molecule has 2 aromatic rings. The van der Waals surface area contributed by atoms with Crippen molar-refractivity contribution in [2.45, 2.75) is 37.5 Å². The highest BCUT2D eigenvalue weighted by atomic mass is 32.2. The summed E-state index contributed by atoms with van der Waals surface area (Å²) < 4.78 is 10.6. The van der Waals surface area contributed by atoms with Gasteiger partial charge in [-0.25, -0.2) is 9.59 Å². The molecule has 0 radical (unpaired) electrons. The van der Waals surface area contributed by atoms with Gasteiger partial charge in [0, 0.05) is 13.0 Å². The summed E-state index contributed by atoms with van der Waals surface area (Å²) in [5.41, 5.74) is 4.42. The number of nitrogens with one attached hydrogen (secondary N) is 2. The molecule has 0 spiro atoms. The lowest BCUT2D eigenvalue weighted by Gasteiger charge is -2.24. The molecular formula is C25H30N2O6S. The second-order valence-corrected chi connectivity index (χ2v) is 9.05. The van der Waals surface area contributed by atoms with Crippen LogP contribution >= 0.6 is 11.8 Å². The molecule has 2 amide bonds. The van der Waals surface area contributed by atoms with Gasteiger partial charge in [0.25, 0.3) is 0 Å². The predicted molar refractivity (Wildman–Crippen MR) is 131 cm³/mol. The molecule has 0 heterocycles. The number of amides is 2. The average Bonchev–Trinajstić information content (AvgIpc) is 3.16. The number of thioether (sulfide) groups is 1. The third-order valence-corrected chi connectivity index (χ3v) is 6.61. The second-order valence-electron chi connectivity index (χ2n) is 8.07. The largest absolute Gasteiger partial charge is 0.480 e. The van der Waals surface area contributed by atoms with E-state index in [1.54, 1.807) is 6.92 Å². The number of hydrogen-bond acceptors (Lipinski definition) is 6. The Morgan fingerprint density at radius 3 is 2.15 bits per heavy atom. The van der Waals surface area contributed by atoms with Crippen LogP contribution in [-0.4, -0.2) is 67.0 Å². The molecule has 3 N–H and O–H groups in total. The molecule has 1 aliphatic rings. The number of methoxy groups -OCH3 is 1. The minimum Gasteiger partial charge on any atom is -0.480 e. The van der Waals surface area contributed by atoms with Crippen molar-refractivity contribution in [3.05, 3.63) is 59.7 Å². The van der Waals surface area contributed by atoms with E-state index in [1.807, 2.05) is 42.7 Å². The van der Waals surface area contributed by atoms with Crippen molar-refractivity contribution in [3.8, 4) is 11.1 Å². The molecule has 8 nitrogen and oxygen atoms in total. The van der Waals surface area contributed by atoms with Gasteiger partial charge in [0.05, 0.1) is 6.10 Å². The molecule has 0 aromatic heterocycles. The lowest BCUT2D eigenvalue weighted by atomic mass is 9.98. The first-order chi connectivity index (χ1) is 16.4. The molecule has 3 atom stereocenters. The van der Waals surface area contributed by atoms with E-state index in [-0.39, 0.29) is 12.5 Å². The van der Waals surface area contributed by atoms with E-state index >= 15 is 0 Å². The highest BCUT2D eigenvalue weighted by Gasteiger charge is 2.32. The Kier molecular flexibility index (Phi) is 8.95. The quantitative estimate of drug-likeness (QED) is 0.447. The predicted octanol–water partition coefficient (Wildman–Crippen LogP) is 3.25. The number of hydrogen-bond donors (Lipinski definition) is 3. The average molecular weight is 487 g/mol. The minimum absolute atomic E-state index is 0.101. The Morgan fingerprint density at radius 1 is 1.03 bits per heavy atom. The van der Waals surface area contributed by atoms with Crippen molar-refractivity contribution in [3.63, 3.8) is 0 Å². The SMILES string of the molecule is CO[C@H](C)[C@H](NC(=O)C(CCSC)NC(=O)OCC1c2ccccc2-c2ccccc21)C(=O)O. The van der Waals surface area contributed by atoms with Crippen LogP contribution in [0.25, 0.3) is 11.1 Å². The van der Waals surface area contributed by atoms with E-state index in [1.165, 1.54) is 18.9 Å². The molecular weight excluding hydrogens is 456 g/mol. The van der Waals surface area contributed by atoms with Crippen molar-refractivity contribution < 1.29 is 29.0 Å². The fourth-order valence-corrected chi connectivity index (χ4v) is 4.53. The van der Waals surface area contributed by atoms with E-state index < -0.39 is 36.2 Å². The van der Waals surface area contributed by atoms with Crippen molar-refractivity contribution in [1.82, 2.24) is 10.6 Å². The van der Waals surface area contributed by atoms with Crippen LogP contribution in [0, 0.1) is 0 Å². The lowest BCUT2D eigenvalue weighted by molar-refractivity contribution is -0.145. The molecule has 0 saturated heterocycles. The van der Waals surface area contributed by atoms with Gasteiger partial charge in [0.15, 0.2) is 6.04 Å². The maximum atomic E-state index is 12.8. The summed E-state index contributed by atoms with van der Waals surface area (Å²) in [6.07, 6.45) is 0.743. The minimum atomic E-state index is -1.24. The molecule has 0 saturated carbocycles. The van der Waals surface area contributed by atoms with Gasteiger partial charge in [0.2, 0.25) is 5.91 Å². The van der Waals surface area contributed by atoms with Crippen molar-refractivity contribution in [2.75, 3.05) is 25.7 Å². The molecule has 0 fully saturated rings. The van der Waals surface area contributed by atoms with Gasteiger partial charge < -0.3 is 25.2 Å². The van der Waals surface area contributed by atoms with Gasteiger partial charge in [-0.2, -0.15) is 11.8 Å². The van der Waals surface area contributed by atoms with Crippen LogP contribution in [0.4, 0.5) is 4.79 Å². The number of fused-ring (bicyclic) bond motifs is 3. The number of carbonyl (C=O) groups excluding carboxylic acids is 2. The Morgan fingerprint density at radius 2 is 1.62 bits per heavy atom. The molecule has 34 heavy (non-hydrogen) atoms. The van der Waals surface area contributed by atoms with E-state index in [4.69, 9.17) is 9.47 Å². The first-order valence-electron chi connectivity index (χ1n) is 11.0. The van der Waals surface area contributed by atoms with Gasteiger partial charge in [0.1, 0.15) is 12.6 Å². The first kappa shape index (κ1) is 25.6. The summed E-state index contributed by atoms with van der Waals surface area (Å²) in [4.78, 5) is 37.0. The summed E-state index contributed by atoms with van der Waals surface area (Å²) >= 11 is 1.52. The van der Waals surface area contributed by atoms with Gasteiger partial charge in [-0.15, -0.1) is 0 Å². The summed E-state index contributed by atoms with van der Waals surface area (Å²) in [5.74, 6) is -1.32. The Balaban J connectivity index is 1.66. The van der Waals surface area contributed by atoms with Gasteiger partial charge >= 0.3 is 12.1 Å². The van der Waals surface area contributed by atoms with Crippen LogP contribution in [0.15, 0.2) is 48.5 Å². The molecule has 2 aromatic carbocycles. The normalized spacial score (nSPS) is 14.9. The van der Waals surface area contributed by atoms with Crippen molar-refractivity contribution in [2.24, 2.45) is 0 Å². The van der Waals surface area contributed by atoms with Crippen LogP contribution in [-0.2, 0) is 19.1 Å². The van der Waals surface area contributed by atoms with E-state index in [9.17, 15) is 19.5 Å². The number of alkyl carbamates (subject to hydrolysis) is 1. The van der Waals surface area contributed by atoms with Crippen LogP contribution < -0.4 is 10.6 Å². The maximum absolute atomic E-state index is 12.8. The number of aliphatic carboxylic acids is 1. The fraction of sp³-hybridized carbons (Fsp3) is 0.400. The Bertz CT molecular complexity index is 984. The summed E-state index contributed by atoms with van der Waals surface area (Å²) in [7, 11) is 1.37. The summed E-state index contributed by atoms with van der Waals surface area (Å²) in [6.45, 7) is 1.67. The zero-order chi connectivity index (χ0) is 24.7. The monoisotopic (exact) mass is 486 g/mol. The van der Waals surface area contributed by atoms with E-state index in [2.05, 4.69) is 22.8 Å². The standard InChI is InChI=1S/C25H30N2O6S/c1-15(32-2)22(24(29)30)27-23(28)21(12-13-34-3)26-25(31)33-14-20-18-10-6-4-8-16(18)17-9-5-7-11-19(17)20/h4-11,15,20-22H,12-14H2,1-3H3,(H,26,31)(H,27,28)(H,29,30)/t15-,21?,22+/m1/s1. The zero-order valence-electron chi connectivity index (χ0n) is 19.4. The number of ether oxygens (including phenoxy) is 2. The van der Waals surface area contributed by atoms with E-state index in [0.29, 0.717) is 12.2 Å². The van der Waals surface area contributed by atoms with Crippen LogP contribution in [0.5, 0.6) is 0 Å². The number of benzene rings is 2. The summed E-state index contributed by atoms with van der Waals surface area (Å²) in [6, 6.07) is 13.9. The molecule has 1 aliphatic carbocycles. The number of carboxylic acids is 1. The smallest absolute Gasteiger partial charge is 0.407 e. The third-order valence-electron chi connectivity index (χ3n) is 5.97. The highest BCUT2D eigenvalue weighted by Crippen LogP contribution is 2.44. The van der Waals surface area contributed by atoms with Crippen molar-refractivity contribution >= 4 is 29.7 Å². The third kappa shape index (κ3) is 5.90. The highest BCUT2D eigenvalue weighted by molar-refractivity contribution is 7.98. The molecule has 182 valence electrons. The molecule has 1 unspecified atom stereocenters. The fourth-order valence-electron chi connectivity index (χ4n) is 4.06. The zero-order valence-corrected chi connectivity index (χ0v) is 20.3. The number of rotatable bonds is 11.